The van der Waals surface area contributed by atoms with Gasteiger partial charge in [0.25, 0.3) is 0 Å². The summed E-state index contributed by atoms with van der Waals surface area (Å²) in [6, 6.07) is 67.1. The van der Waals surface area contributed by atoms with Crippen LogP contribution in [-0.4, -0.2) is 9.13 Å². The molecular formula is C67H33F3N8. The van der Waals surface area contributed by atoms with E-state index < -0.39 is 11.7 Å². The van der Waals surface area contributed by atoms with Gasteiger partial charge in [-0.25, -0.2) is 9.69 Å². The average molecular weight is 1010 g/mol. The number of alkyl halides is 3. The summed E-state index contributed by atoms with van der Waals surface area (Å²) in [5.41, 5.74) is 8.17. The number of hydrogen-bond donors (Lipinski definition) is 0. The largest absolute Gasteiger partial charge is 0.417 e. The molecule has 0 bridgehead atoms. The highest BCUT2D eigenvalue weighted by Gasteiger charge is 2.36. The number of para-hydroxylation sites is 2. The summed E-state index contributed by atoms with van der Waals surface area (Å²) in [5.74, 6) is 0. The Labute approximate surface area is 444 Å². The topological polar surface area (TPSA) is 114 Å². The number of nitrogens with zero attached hydrogens (tertiary/aromatic N) is 8. The number of halogens is 3. The highest BCUT2D eigenvalue weighted by Crippen LogP contribution is 2.47. The van der Waals surface area contributed by atoms with Crippen LogP contribution in [0.4, 0.5) is 24.5 Å². The van der Waals surface area contributed by atoms with E-state index in [4.69, 9.17) is 13.1 Å². The van der Waals surface area contributed by atoms with Gasteiger partial charge in [-0.15, -0.1) is 0 Å². The normalized spacial score (nSPS) is 11.2. The molecule has 0 saturated heterocycles. The van der Waals surface area contributed by atoms with Gasteiger partial charge in [0.2, 0.25) is 0 Å². The molecule has 2 heterocycles. The maximum absolute atomic E-state index is 15.9. The first-order valence-corrected chi connectivity index (χ1v) is 24.4. The molecule has 0 radical (unpaired) electrons. The van der Waals surface area contributed by atoms with Crippen LogP contribution in [0.3, 0.4) is 0 Å². The smallest absolute Gasteiger partial charge is 0.309 e. The molecular weight excluding hydrogens is 974 g/mol. The Morgan fingerprint density at radius 2 is 0.756 bits per heavy atom. The van der Waals surface area contributed by atoms with Crippen molar-refractivity contribution in [3.8, 4) is 91.3 Å². The van der Waals surface area contributed by atoms with Crippen molar-refractivity contribution >= 4 is 55.0 Å². The molecule has 10 aromatic carbocycles. The summed E-state index contributed by atoms with van der Waals surface area (Å²) >= 11 is 0. The zero-order valence-electron chi connectivity index (χ0n) is 40.8. The molecule has 8 nitrogen and oxygen atoms in total. The van der Waals surface area contributed by atoms with Crippen LogP contribution in [0.15, 0.2) is 200 Å². The quantitative estimate of drug-likeness (QED) is 0.148. The van der Waals surface area contributed by atoms with Gasteiger partial charge in [0, 0.05) is 27.1 Å². The maximum Gasteiger partial charge on any atom is 0.417 e. The van der Waals surface area contributed by atoms with Crippen molar-refractivity contribution in [2.45, 2.75) is 6.18 Å². The fraction of sp³-hybridized carbons (Fsp3) is 0.0149. The van der Waals surface area contributed by atoms with Crippen LogP contribution in [0.1, 0.15) is 27.8 Å². The zero-order valence-corrected chi connectivity index (χ0v) is 40.8. The monoisotopic (exact) mass is 1010 g/mol. The van der Waals surface area contributed by atoms with Crippen molar-refractivity contribution in [1.29, 1.82) is 21.0 Å². The van der Waals surface area contributed by atoms with E-state index in [1.807, 2.05) is 137 Å². The molecule has 78 heavy (non-hydrogen) atoms. The Morgan fingerprint density at radius 1 is 0.359 bits per heavy atom. The molecule has 0 aliphatic heterocycles. The van der Waals surface area contributed by atoms with Crippen LogP contribution in [0.5, 0.6) is 0 Å². The number of aromatic nitrogens is 2. The van der Waals surface area contributed by atoms with E-state index in [-0.39, 0.29) is 33.6 Å². The summed E-state index contributed by atoms with van der Waals surface area (Å²) in [7, 11) is 0. The third-order valence-electron chi connectivity index (χ3n) is 14.4. The highest BCUT2D eigenvalue weighted by molar-refractivity contribution is 6.14. The lowest BCUT2D eigenvalue weighted by Gasteiger charge is -2.21. The summed E-state index contributed by atoms with van der Waals surface area (Å²) in [5, 5.41) is 45.1. The Kier molecular flexibility index (Phi) is 11.4. The van der Waals surface area contributed by atoms with E-state index in [1.54, 1.807) is 60.7 Å². The Balaban J connectivity index is 1.26. The van der Waals surface area contributed by atoms with Crippen molar-refractivity contribution in [2.75, 3.05) is 0 Å². The van der Waals surface area contributed by atoms with E-state index >= 15 is 13.2 Å². The molecule has 362 valence electrons. The zero-order chi connectivity index (χ0) is 53.8. The van der Waals surface area contributed by atoms with E-state index in [0.717, 1.165) is 27.6 Å². The van der Waals surface area contributed by atoms with E-state index in [9.17, 15) is 21.0 Å². The number of nitriles is 4. The van der Waals surface area contributed by atoms with E-state index in [0.29, 0.717) is 89.1 Å². The van der Waals surface area contributed by atoms with Gasteiger partial charge in [0.1, 0.15) is 6.07 Å². The van der Waals surface area contributed by atoms with Crippen molar-refractivity contribution in [3.63, 3.8) is 0 Å². The van der Waals surface area contributed by atoms with Gasteiger partial charge in [-0.1, -0.05) is 140 Å². The molecule has 0 fully saturated rings. The van der Waals surface area contributed by atoms with Gasteiger partial charge in [-0.05, 0) is 111 Å². The minimum atomic E-state index is -4.97. The molecule has 2 aromatic heterocycles. The first kappa shape index (κ1) is 47.5. The Bertz CT molecular complexity index is 4590. The molecule has 0 unspecified atom stereocenters. The van der Waals surface area contributed by atoms with Gasteiger partial charge in [-0.2, -0.15) is 34.2 Å². The SMILES string of the molecule is [C-]#[N+]c1ccccc1-c1ccc2c3ccc(-c4ccccc4C#N)cc3n(-c3cc(-c4ccc(C#N)cc4C(F)(F)F)c(-n4c5cc(-c6ccccc6C#N)ccc5c5ccc(-c6ccccc6[N+]#[C-])cc54)cc3C#N)c2c1. The number of benzene rings is 10. The summed E-state index contributed by atoms with van der Waals surface area (Å²) in [6.45, 7) is 16.0. The first-order valence-electron chi connectivity index (χ1n) is 24.4. The minimum absolute atomic E-state index is 0.0601. The molecule has 12 aromatic rings. The van der Waals surface area contributed by atoms with Gasteiger partial charge in [0.15, 0.2) is 11.4 Å². The molecule has 0 aliphatic rings. The molecule has 0 amide bonds. The fourth-order valence-corrected chi connectivity index (χ4v) is 10.9. The Morgan fingerprint density at radius 3 is 1.17 bits per heavy atom. The van der Waals surface area contributed by atoms with Gasteiger partial charge < -0.3 is 9.13 Å². The van der Waals surface area contributed by atoms with Crippen molar-refractivity contribution in [3.05, 3.63) is 251 Å². The third kappa shape index (κ3) is 7.73. The third-order valence-corrected chi connectivity index (χ3v) is 14.4. The minimum Gasteiger partial charge on any atom is -0.309 e. The average Bonchev–Trinajstić information content (AvgIpc) is 4.20. The standard InChI is InChI=1S/C67H33F3N8/c1-75-59-17-9-7-15-50(59)43-22-27-54-53-25-20-41(48-13-5-3-11-45(48)37-72)30-62(53)77(63(54)32-43)61-35-57(52-24-19-40(36-71)29-58(52)67(68,69)70)66(34-47(61)39-74)78-64-31-42(49-14-6-4-12-46(49)38-73)21-26-55(64)56-28-23-44(33-65(56)78)51-16-8-10-18-60(51)76-2/h3-35H. The summed E-state index contributed by atoms with van der Waals surface area (Å²) < 4.78 is 51.3. The second-order valence-electron chi connectivity index (χ2n) is 18.5. The highest BCUT2D eigenvalue weighted by atomic mass is 19.4. The predicted octanol–water partition coefficient (Wildman–Crippen LogP) is 17.8. The van der Waals surface area contributed by atoms with Gasteiger partial charge >= 0.3 is 6.18 Å². The maximum atomic E-state index is 15.9. The molecule has 0 atom stereocenters. The predicted molar refractivity (Wildman–Crippen MR) is 299 cm³/mol. The molecule has 0 N–H and O–H groups in total. The van der Waals surface area contributed by atoms with Crippen LogP contribution in [0.25, 0.3) is 120 Å². The number of fused-ring (bicyclic) bond motifs is 6. The van der Waals surface area contributed by atoms with E-state index in [1.165, 1.54) is 12.1 Å². The molecule has 0 aliphatic carbocycles. The van der Waals surface area contributed by atoms with E-state index in [2.05, 4.69) is 27.9 Å². The van der Waals surface area contributed by atoms with Crippen LogP contribution in [0, 0.1) is 58.5 Å². The lowest BCUT2D eigenvalue weighted by atomic mass is 9.93. The summed E-state index contributed by atoms with van der Waals surface area (Å²) in [6.07, 6.45) is -4.97. The van der Waals surface area contributed by atoms with Crippen LogP contribution >= 0.6 is 0 Å². The first-order chi connectivity index (χ1) is 38.0. The summed E-state index contributed by atoms with van der Waals surface area (Å²) in [4.78, 5) is 7.59. The molecule has 0 saturated carbocycles. The second kappa shape index (κ2) is 18.8. The second-order valence-corrected chi connectivity index (χ2v) is 18.5. The molecule has 11 heteroatoms. The van der Waals surface area contributed by atoms with Gasteiger partial charge in [-0.3, -0.25) is 0 Å². The van der Waals surface area contributed by atoms with Crippen LogP contribution in [-0.2, 0) is 6.18 Å². The van der Waals surface area contributed by atoms with Crippen LogP contribution < -0.4 is 0 Å². The molecule has 12 rings (SSSR count). The van der Waals surface area contributed by atoms with Crippen molar-refractivity contribution < 1.29 is 13.2 Å². The van der Waals surface area contributed by atoms with Gasteiger partial charge in [0.05, 0.1) is 92.6 Å². The van der Waals surface area contributed by atoms with Crippen molar-refractivity contribution in [1.82, 2.24) is 9.13 Å². The number of rotatable bonds is 7. The lowest BCUT2D eigenvalue weighted by Crippen LogP contribution is -2.10. The Hall–Kier alpha value is -11.5. The van der Waals surface area contributed by atoms with Crippen molar-refractivity contribution in [2.24, 2.45) is 0 Å². The fourth-order valence-electron chi connectivity index (χ4n) is 10.9. The number of hydrogen-bond acceptors (Lipinski definition) is 4. The lowest BCUT2D eigenvalue weighted by molar-refractivity contribution is -0.137. The molecule has 0 spiro atoms. The van der Waals surface area contributed by atoms with Crippen LogP contribution in [0.2, 0.25) is 0 Å².